The molecule has 1 aromatic rings. The Bertz CT molecular complexity index is 501. The van der Waals surface area contributed by atoms with Gasteiger partial charge in [-0.1, -0.05) is 30.3 Å². The molecule has 116 valence electrons. The Morgan fingerprint density at radius 3 is 2.38 bits per heavy atom. The second-order valence-corrected chi connectivity index (χ2v) is 6.16. The van der Waals surface area contributed by atoms with Crippen LogP contribution < -0.4 is 0 Å². The van der Waals surface area contributed by atoms with E-state index in [0.717, 1.165) is 5.56 Å². The standard InChI is InChI=1S/C14H19O6P/c1-10(20-21(19)9-13(15)16)7-12(14(17)18)8-11-5-3-2-4-6-11/h2-6,10,12,21H,7-9H2,1H3,(H,15,16)(H,17,18). The third kappa shape index (κ3) is 7.06. The van der Waals surface area contributed by atoms with Crippen LogP contribution in [0, 0.1) is 5.92 Å². The SMILES string of the molecule is CC(CC(Cc1ccccc1)C(=O)O)O[PH](=O)CC(=O)O. The molecule has 3 atom stereocenters. The summed E-state index contributed by atoms with van der Waals surface area (Å²) in [6.07, 6.45) is -0.573. The molecule has 0 bridgehead atoms. The molecule has 21 heavy (non-hydrogen) atoms. The molecule has 2 N–H and O–H groups in total. The molecular weight excluding hydrogens is 295 g/mol. The number of hydrogen-bond acceptors (Lipinski definition) is 4. The van der Waals surface area contributed by atoms with Crippen molar-refractivity contribution in [2.45, 2.75) is 25.9 Å². The molecule has 7 heteroatoms. The molecule has 1 rings (SSSR count). The van der Waals surface area contributed by atoms with Crippen LogP contribution in [0.5, 0.6) is 0 Å². The van der Waals surface area contributed by atoms with Gasteiger partial charge < -0.3 is 14.7 Å². The largest absolute Gasteiger partial charge is 0.481 e. The molecule has 0 spiro atoms. The highest BCUT2D eigenvalue weighted by Gasteiger charge is 2.22. The Morgan fingerprint density at radius 2 is 1.86 bits per heavy atom. The summed E-state index contributed by atoms with van der Waals surface area (Å²) in [6, 6.07) is 9.20. The highest BCUT2D eigenvalue weighted by atomic mass is 31.1. The lowest BCUT2D eigenvalue weighted by Gasteiger charge is -2.17. The maximum Gasteiger partial charge on any atom is 0.312 e. The van der Waals surface area contributed by atoms with E-state index in [1.165, 1.54) is 0 Å². The molecule has 0 saturated heterocycles. The van der Waals surface area contributed by atoms with E-state index in [9.17, 15) is 19.3 Å². The van der Waals surface area contributed by atoms with E-state index in [2.05, 4.69) is 0 Å². The van der Waals surface area contributed by atoms with Crippen molar-refractivity contribution in [3.8, 4) is 0 Å². The van der Waals surface area contributed by atoms with Crippen molar-refractivity contribution in [1.82, 2.24) is 0 Å². The summed E-state index contributed by atoms with van der Waals surface area (Å²) in [6.45, 7) is 1.60. The minimum absolute atomic E-state index is 0.181. The minimum atomic E-state index is -2.67. The molecule has 0 fully saturated rings. The smallest absolute Gasteiger partial charge is 0.312 e. The van der Waals surface area contributed by atoms with E-state index in [4.69, 9.17) is 9.63 Å². The fraction of sp³-hybridized carbons (Fsp3) is 0.429. The Hall–Kier alpha value is -1.65. The Labute approximate surface area is 123 Å². The maximum absolute atomic E-state index is 11.4. The molecule has 0 saturated carbocycles. The predicted octanol–water partition coefficient (Wildman–Crippen LogP) is 2.28. The van der Waals surface area contributed by atoms with Crippen molar-refractivity contribution in [3.05, 3.63) is 35.9 Å². The van der Waals surface area contributed by atoms with Gasteiger partial charge in [-0.15, -0.1) is 0 Å². The van der Waals surface area contributed by atoms with E-state index >= 15 is 0 Å². The number of hydrogen-bond donors (Lipinski definition) is 2. The van der Waals surface area contributed by atoms with Crippen LogP contribution in [0.1, 0.15) is 18.9 Å². The Kier molecular flexibility index (Phi) is 7.12. The first-order chi connectivity index (χ1) is 9.88. The summed E-state index contributed by atoms with van der Waals surface area (Å²) < 4.78 is 16.5. The third-order valence-corrected chi connectivity index (χ3v) is 4.18. The van der Waals surface area contributed by atoms with E-state index in [1.807, 2.05) is 30.3 Å². The molecule has 0 aliphatic rings. The molecular formula is C14H19O6P. The van der Waals surface area contributed by atoms with Gasteiger partial charge in [-0.25, -0.2) is 0 Å². The van der Waals surface area contributed by atoms with Gasteiger partial charge in [0, 0.05) is 0 Å². The first kappa shape index (κ1) is 17.4. The van der Waals surface area contributed by atoms with Crippen LogP contribution in [0.2, 0.25) is 0 Å². The van der Waals surface area contributed by atoms with Crippen LogP contribution in [-0.4, -0.2) is 34.4 Å². The number of carboxylic acids is 2. The zero-order valence-corrected chi connectivity index (χ0v) is 12.7. The van der Waals surface area contributed by atoms with Gasteiger partial charge in [-0.05, 0) is 25.3 Å². The maximum atomic E-state index is 11.4. The van der Waals surface area contributed by atoms with Crippen molar-refractivity contribution in [2.75, 3.05) is 6.16 Å². The average Bonchev–Trinajstić information content (AvgIpc) is 2.37. The van der Waals surface area contributed by atoms with Gasteiger partial charge in [0.2, 0.25) is 8.03 Å². The lowest BCUT2D eigenvalue weighted by Crippen LogP contribution is -2.22. The molecule has 6 nitrogen and oxygen atoms in total. The summed E-state index contributed by atoms with van der Waals surface area (Å²) in [4.78, 5) is 21.7. The van der Waals surface area contributed by atoms with Gasteiger partial charge in [0.15, 0.2) is 0 Å². The second kappa shape index (κ2) is 8.60. The van der Waals surface area contributed by atoms with Crippen LogP contribution in [-0.2, 0) is 25.1 Å². The summed E-state index contributed by atoms with van der Waals surface area (Å²) in [5.74, 6) is -2.81. The molecule has 0 radical (unpaired) electrons. The lowest BCUT2D eigenvalue weighted by atomic mass is 9.94. The molecule has 0 amide bonds. The van der Waals surface area contributed by atoms with E-state index < -0.39 is 38.2 Å². The first-order valence-electron chi connectivity index (χ1n) is 6.56. The third-order valence-electron chi connectivity index (χ3n) is 2.92. The Balaban J connectivity index is 2.56. The average molecular weight is 314 g/mol. The number of rotatable bonds is 9. The van der Waals surface area contributed by atoms with Crippen LogP contribution in [0.3, 0.4) is 0 Å². The molecule has 0 aliphatic carbocycles. The molecule has 0 heterocycles. The van der Waals surface area contributed by atoms with Gasteiger partial charge in [0.1, 0.15) is 6.16 Å². The number of aliphatic carboxylic acids is 2. The normalized spacial score (nSPS) is 15.1. The zero-order chi connectivity index (χ0) is 15.8. The van der Waals surface area contributed by atoms with Gasteiger partial charge in [-0.3, -0.25) is 14.2 Å². The topological polar surface area (TPSA) is 101 Å². The highest BCUT2D eigenvalue weighted by molar-refractivity contribution is 7.40. The summed E-state index contributed by atoms with van der Waals surface area (Å²) in [5, 5.41) is 17.8. The zero-order valence-electron chi connectivity index (χ0n) is 11.7. The fourth-order valence-electron chi connectivity index (χ4n) is 2.01. The number of carboxylic acid groups (broad SMARTS) is 2. The fourth-order valence-corrected chi connectivity index (χ4v) is 2.88. The van der Waals surface area contributed by atoms with Crippen LogP contribution in [0.4, 0.5) is 0 Å². The van der Waals surface area contributed by atoms with Gasteiger partial charge in [-0.2, -0.15) is 0 Å². The predicted molar refractivity (Wildman–Crippen MR) is 77.9 cm³/mol. The first-order valence-corrected chi connectivity index (χ1v) is 8.09. The summed E-state index contributed by atoms with van der Waals surface area (Å²) in [7, 11) is -2.67. The van der Waals surface area contributed by atoms with Crippen molar-refractivity contribution in [1.29, 1.82) is 0 Å². The molecule has 1 aromatic carbocycles. The van der Waals surface area contributed by atoms with Crippen LogP contribution in [0.25, 0.3) is 0 Å². The minimum Gasteiger partial charge on any atom is -0.481 e. The van der Waals surface area contributed by atoms with Crippen molar-refractivity contribution in [2.24, 2.45) is 5.92 Å². The van der Waals surface area contributed by atoms with Crippen LogP contribution in [0.15, 0.2) is 30.3 Å². The van der Waals surface area contributed by atoms with Gasteiger partial charge in [0.05, 0.1) is 12.0 Å². The second-order valence-electron chi connectivity index (χ2n) is 4.83. The van der Waals surface area contributed by atoms with Gasteiger partial charge >= 0.3 is 11.9 Å². The highest BCUT2D eigenvalue weighted by Crippen LogP contribution is 2.27. The van der Waals surface area contributed by atoms with E-state index in [0.29, 0.717) is 6.42 Å². The van der Waals surface area contributed by atoms with Gasteiger partial charge in [0.25, 0.3) is 0 Å². The van der Waals surface area contributed by atoms with E-state index in [1.54, 1.807) is 6.92 Å². The summed E-state index contributed by atoms with van der Waals surface area (Å²) in [5.41, 5.74) is 0.898. The molecule has 3 unspecified atom stereocenters. The van der Waals surface area contributed by atoms with Crippen molar-refractivity contribution >= 4 is 20.0 Å². The lowest BCUT2D eigenvalue weighted by molar-refractivity contribution is -0.142. The van der Waals surface area contributed by atoms with E-state index in [-0.39, 0.29) is 6.42 Å². The van der Waals surface area contributed by atoms with Crippen LogP contribution >= 0.6 is 8.03 Å². The summed E-state index contributed by atoms with van der Waals surface area (Å²) >= 11 is 0. The number of carbonyl (C=O) groups is 2. The monoisotopic (exact) mass is 314 g/mol. The number of benzene rings is 1. The van der Waals surface area contributed by atoms with Crippen molar-refractivity contribution in [3.63, 3.8) is 0 Å². The quantitative estimate of drug-likeness (QED) is 0.678. The Morgan fingerprint density at radius 1 is 1.24 bits per heavy atom. The van der Waals surface area contributed by atoms with Crippen molar-refractivity contribution < 1.29 is 28.9 Å². The molecule has 0 aromatic heterocycles. The molecule has 0 aliphatic heterocycles.